The molecule has 6 heteroatoms. The highest BCUT2D eigenvalue weighted by Gasteiger charge is 2.10. The van der Waals surface area contributed by atoms with Crippen LogP contribution in [0.5, 0.6) is 5.75 Å². The first-order valence-electron chi connectivity index (χ1n) is 4.18. The third kappa shape index (κ3) is 2.38. The number of nitrogens with one attached hydrogen (secondary N) is 1. The fourth-order valence-corrected chi connectivity index (χ4v) is 1.12. The fraction of sp³-hybridized carbons (Fsp3) is 0.222. The summed E-state index contributed by atoms with van der Waals surface area (Å²) in [7, 11) is 2.98. The zero-order valence-corrected chi connectivity index (χ0v) is 8.39. The van der Waals surface area contributed by atoms with Gasteiger partial charge >= 0.3 is 0 Å². The zero-order chi connectivity index (χ0) is 11.3. The number of azide groups is 1. The maximum absolute atomic E-state index is 11.4. The monoisotopic (exact) mass is 206 g/mol. The molecule has 15 heavy (non-hydrogen) atoms. The number of ether oxygens (including phenoxy) is 1. The van der Waals surface area contributed by atoms with E-state index in [1.165, 1.54) is 20.2 Å². The number of hydrogen-bond acceptors (Lipinski definition) is 3. The van der Waals surface area contributed by atoms with Crippen molar-refractivity contribution in [1.82, 2.24) is 5.32 Å². The Morgan fingerprint density at radius 1 is 1.60 bits per heavy atom. The lowest BCUT2D eigenvalue weighted by Crippen LogP contribution is -2.18. The molecule has 0 spiro atoms. The Kier molecular flexibility index (Phi) is 3.54. The Balaban J connectivity index is 3.24. The van der Waals surface area contributed by atoms with Crippen LogP contribution in [0.15, 0.2) is 23.3 Å². The van der Waals surface area contributed by atoms with E-state index in [9.17, 15) is 4.79 Å². The largest absolute Gasteiger partial charge is 0.496 e. The van der Waals surface area contributed by atoms with E-state index in [4.69, 9.17) is 10.3 Å². The molecule has 0 saturated carbocycles. The van der Waals surface area contributed by atoms with Crippen LogP contribution in [0.3, 0.4) is 0 Å². The number of rotatable bonds is 3. The number of amides is 1. The summed E-state index contributed by atoms with van der Waals surface area (Å²) in [6.07, 6.45) is 0. The maximum atomic E-state index is 11.4. The van der Waals surface area contributed by atoms with Crippen LogP contribution in [0.4, 0.5) is 5.69 Å². The molecule has 0 radical (unpaired) electrons. The van der Waals surface area contributed by atoms with Gasteiger partial charge in [-0.3, -0.25) is 4.79 Å². The third-order valence-corrected chi connectivity index (χ3v) is 1.81. The lowest BCUT2D eigenvalue weighted by atomic mass is 10.1. The molecule has 0 aliphatic heterocycles. The summed E-state index contributed by atoms with van der Waals surface area (Å²) < 4.78 is 5.01. The number of benzene rings is 1. The molecule has 1 amide bonds. The van der Waals surface area contributed by atoms with Crippen LogP contribution in [0.25, 0.3) is 10.4 Å². The van der Waals surface area contributed by atoms with Gasteiger partial charge in [0.15, 0.2) is 0 Å². The van der Waals surface area contributed by atoms with Gasteiger partial charge in [0, 0.05) is 17.6 Å². The quantitative estimate of drug-likeness (QED) is 0.465. The average molecular weight is 206 g/mol. The highest BCUT2D eigenvalue weighted by Crippen LogP contribution is 2.24. The van der Waals surface area contributed by atoms with E-state index in [1.807, 2.05) is 0 Å². The summed E-state index contributed by atoms with van der Waals surface area (Å²) in [5.74, 6) is 0.146. The lowest BCUT2D eigenvalue weighted by molar-refractivity contribution is 0.0960. The minimum atomic E-state index is -0.290. The molecular weight excluding hydrogens is 196 g/mol. The predicted molar refractivity (Wildman–Crippen MR) is 55.2 cm³/mol. The summed E-state index contributed by atoms with van der Waals surface area (Å²) in [6.45, 7) is 0. The van der Waals surface area contributed by atoms with Crippen LogP contribution in [0.2, 0.25) is 0 Å². The molecule has 0 aliphatic carbocycles. The maximum Gasteiger partial charge on any atom is 0.254 e. The van der Waals surface area contributed by atoms with Crippen molar-refractivity contribution >= 4 is 11.6 Å². The molecule has 0 bridgehead atoms. The third-order valence-electron chi connectivity index (χ3n) is 1.81. The second kappa shape index (κ2) is 4.88. The van der Waals surface area contributed by atoms with Gasteiger partial charge in [-0.1, -0.05) is 5.11 Å². The lowest BCUT2D eigenvalue weighted by Gasteiger charge is -2.07. The molecule has 1 aromatic rings. The topological polar surface area (TPSA) is 87.1 Å². The van der Waals surface area contributed by atoms with Crippen molar-refractivity contribution < 1.29 is 9.53 Å². The fourth-order valence-electron chi connectivity index (χ4n) is 1.12. The van der Waals surface area contributed by atoms with Crippen LogP contribution in [-0.2, 0) is 0 Å². The van der Waals surface area contributed by atoms with E-state index in [0.717, 1.165) is 0 Å². The molecule has 6 nitrogen and oxygen atoms in total. The Morgan fingerprint density at radius 2 is 2.33 bits per heavy atom. The standard InChI is InChI=1S/C9H10N4O2/c1-11-9(14)7-5-6(12-13-10)3-4-8(7)15-2/h3-5H,1-2H3,(H,11,14). The molecule has 1 rings (SSSR count). The molecule has 78 valence electrons. The van der Waals surface area contributed by atoms with Gasteiger partial charge in [-0.2, -0.15) is 0 Å². The van der Waals surface area contributed by atoms with Crippen molar-refractivity contribution in [2.75, 3.05) is 14.2 Å². The molecular formula is C9H10N4O2. The highest BCUT2D eigenvalue weighted by atomic mass is 16.5. The Morgan fingerprint density at radius 3 is 2.87 bits per heavy atom. The first-order valence-corrected chi connectivity index (χ1v) is 4.18. The molecule has 0 saturated heterocycles. The van der Waals surface area contributed by atoms with E-state index in [1.54, 1.807) is 12.1 Å². The van der Waals surface area contributed by atoms with Crippen molar-refractivity contribution in [3.63, 3.8) is 0 Å². The van der Waals surface area contributed by atoms with E-state index < -0.39 is 0 Å². The number of carbonyl (C=O) groups excluding carboxylic acids is 1. The molecule has 1 aromatic carbocycles. The Hall–Kier alpha value is -2.20. The summed E-state index contributed by atoms with van der Waals surface area (Å²) in [5.41, 5.74) is 8.97. The number of hydrogen-bond donors (Lipinski definition) is 1. The first-order chi connectivity index (χ1) is 7.22. The highest BCUT2D eigenvalue weighted by molar-refractivity contribution is 5.97. The zero-order valence-electron chi connectivity index (χ0n) is 8.39. The van der Waals surface area contributed by atoms with Crippen molar-refractivity contribution in [3.8, 4) is 5.75 Å². The second-order valence-electron chi connectivity index (χ2n) is 2.65. The van der Waals surface area contributed by atoms with Crippen LogP contribution in [0, 0.1) is 0 Å². The van der Waals surface area contributed by atoms with Crippen molar-refractivity contribution in [1.29, 1.82) is 0 Å². The SMILES string of the molecule is CNC(=O)c1cc(N=[N+]=[N-])ccc1OC. The first kappa shape index (κ1) is 10.9. The minimum absolute atomic E-state index is 0.290. The van der Waals surface area contributed by atoms with Gasteiger partial charge < -0.3 is 10.1 Å². The molecule has 0 aromatic heterocycles. The minimum Gasteiger partial charge on any atom is -0.496 e. The van der Waals surface area contributed by atoms with Crippen LogP contribution >= 0.6 is 0 Å². The van der Waals surface area contributed by atoms with Gasteiger partial charge in [0.2, 0.25) is 0 Å². The van der Waals surface area contributed by atoms with E-state index in [-0.39, 0.29) is 5.91 Å². The molecule has 0 unspecified atom stereocenters. The van der Waals surface area contributed by atoms with Gasteiger partial charge in [-0.05, 0) is 23.7 Å². The van der Waals surface area contributed by atoms with E-state index in [0.29, 0.717) is 17.0 Å². The van der Waals surface area contributed by atoms with Gasteiger partial charge in [-0.15, -0.1) is 0 Å². The molecule has 0 atom stereocenters. The van der Waals surface area contributed by atoms with Crippen LogP contribution < -0.4 is 10.1 Å². The summed E-state index contributed by atoms with van der Waals surface area (Å²) in [6, 6.07) is 4.62. The summed E-state index contributed by atoms with van der Waals surface area (Å²) in [5, 5.41) is 5.88. The summed E-state index contributed by atoms with van der Waals surface area (Å²) in [4.78, 5) is 14.1. The van der Waals surface area contributed by atoms with Crippen molar-refractivity contribution in [3.05, 3.63) is 34.2 Å². The summed E-state index contributed by atoms with van der Waals surface area (Å²) >= 11 is 0. The Bertz CT molecular complexity index is 424. The molecule has 0 heterocycles. The van der Waals surface area contributed by atoms with E-state index >= 15 is 0 Å². The van der Waals surface area contributed by atoms with Gasteiger partial charge in [0.1, 0.15) is 5.75 Å². The van der Waals surface area contributed by atoms with E-state index in [2.05, 4.69) is 15.3 Å². The van der Waals surface area contributed by atoms with Crippen LogP contribution in [-0.4, -0.2) is 20.1 Å². The normalized spacial score (nSPS) is 8.93. The van der Waals surface area contributed by atoms with Crippen LogP contribution in [0.1, 0.15) is 10.4 Å². The number of nitrogens with zero attached hydrogens (tertiary/aromatic N) is 3. The van der Waals surface area contributed by atoms with Gasteiger partial charge in [0.25, 0.3) is 5.91 Å². The van der Waals surface area contributed by atoms with Crippen molar-refractivity contribution in [2.24, 2.45) is 5.11 Å². The number of carbonyl (C=O) groups is 1. The number of methoxy groups -OCH3 is 1. The smallest absolute Gasteiger partial charge is 0.254 e. The molecule has 1 N–H and O–H groups in total. The predicted octanol–water partition coefficient (Wildman–Crippen LogP) is 2.00. The van der Waals surface area contributed by atoms with Crippen molar-refractivity contribution in [2.45, 2.75) is 0 Å². The van der Waals surface area contributed by atoms with Gasteiger partial charge in [-0.25, -0.2) is 0 Å². The average Bonchev–Trinajstić information content (AvgIpc) is 2.28. The molecule has 0 fully saturated rings. The molecule has 0 aliphatic rings. The van der Waals surface area contributed by atoms with Gasteiger partial charge in [0.05, 0.1) is 12.7 Å². The second-order valence-corrected chi connectivity index (χ2v) is 2.65. The Labute approximate surface area is 86.5 Å².